The van der Waals surface area contributed by atoms with E-state index in [1.807, 2.05) is 17.0 Å². The fraction of sp³-hybridized carbons (Fsp3) is 0.455. The minimum absolute atomic E-state index is 0.126. The molecule has 2 aliphatic heterocycles. The first kappa shape index (κ1) is 16.6. The van der Waals surface area contributed by atoms with Crippen molar-refractivity contribution in [2.45, 2.75) is 18.8 Å². The molecule has 8 nitrogen and oxygen atoms in total. The molecule has 3 aromatic rings. The summed E-state index contributed by atoms with van der Waals surface area (Å²) in [7, 11) is 1.66. The maximum absolute atomic E-state index is 13.0. The molecular weight excluding hydrogens is 380 g/mol. The van der Waals surface area contributed by atoms with E-state index in [-0.39, 0.29) is 11.6 Å². The SMILES string of the molecule is Cn1nc2cc(N3CC4CC4c4cc(C(=O)N5CC6CC6C5)cnc43)ccn2c1=O. The summed E-state index contributed by atoms with van der Waals surface area (Å²) in [6.45, 7) is 2.71. The highest BCUT2D eigenvalue weighted by Crippen LogP contribution is 2.55. The normalized spacial score (nSPS) is 28.3. The highest BCUT2D eigenvalue weighted by Gasteiger charge is 2.48. The number of amides is 1. The van der Waals surface area contributed by atoms with Gasteiger partial charge in [-0.3, -0.25) is 9.20 Å². The zero-order valence-corrected chi connectivity index (χ0v) is 16.7. The van der Waals surface area contributed by atoms with Crippen LogP contribution in [0.4, 0.5) is 11.5 Å². The van der Waals surface area contributed by atoms with E-state index >= 15 is 0 Å². The summed E-state index contributed by atoms with van der Waals surface area (Å²) in [5.74, 6) is 3.61. The standard InChI is InChI=1S/C22H22N6O2/c1-25-22(30)27-3-2-16(7-19(27)24-25)28-11-15-6-17(15)18-5-12(8-23-20(18)28)21(29)26-9-13-4-14(13)10-26/h2-3,5,7-8,13-15,17H,4,6,9-11H2,1H3. The van der Waals surface area contributed by atoms with Gasteiger partial charge >= 0.3 is 5.69 Å². The third-order valence-electron chi connectivity index (χ3n) is 7.37. The molecule has 4 aliphatic rings. The van der Waals surface area contributed by atoms with Crippen molar-refractivity contribution in [2.75, 3.05) is 24.5 Å². The lowest BCUT2D eigenvalue weighted by Gasteiger charge is -2.30. The van der Waals surface area contributed by atoms with Crippen molar-refractivity contribution >= 4 is 23.1 Å². The zero-order valence-electron chi connectivity index (χ0n) is 16.7. The number of pyridine rings is 2. The zero-order chi connectivity index (χ0) is 20.1. The van der Waals surface area contributed by atoms with Crippen molar-refractivity contribution in [1.29, 1.82) is 0 Å². The van der Waals surface area contributed by atoms with Gasteiger partial charge in [-0.25, -0.2) is 14.5 Å². The minimum Gasteiger partial charge on any atom is -0.338 e. The van der Waals surface area contributed by atoms with Gasteiger partial charge in [-0.2, -0.15) is 5.10 Å². The van der Waals surface area contributed by atoms with E-state index in [2.05, 4.69) is 16.1 Å². The molecular formula is C22H22N6O2. The van der Waals surface area contributed by atoms with Gasteiger partial charge in [0, 0.05) is 50.8 Å². The lowest BCUT2D eigenvalue weighted by molar-refractivity contribution is 0.0775. The second-order valence-electron chi connectivity index (χ2n) is 9.34. The van der Waals surface area contributed by atoms with Crippen molar-refractivity contribution in [2.24, 2.45) is 24.8 Å². The van der Waals surface area contributed by atoms with Gasteiger partial charge in [-0.1, -0.05) is 0 Å². The molecule has 3 fully saturated rings. The van der Waals surface area contributed by atoms with Gasteiger partial charge < -0.3 is 9.80 Å². The second kappa shape index (κ2) is 5.50. The van der Waals surface area contributed by atoms with Gasteiger partial charge in [0.1, 0.15) is 5.82 Å². The average Bonchev–Trinajstić information content (AvgIpc) is 3.65. The highest BCUT2D eigenvalue weighted by molar-refractivity contribution is 5.95. The number of carbonyl (C=O) groups is 1. The Morgan fingerprint density at radius 1 is 1.10 bits per heavy atom. The number of aryl methyl sites for hydroxylation is 1. The third kappa shape index (κ3) is 2.27. The number of rotatable bonds is 2. The van der Waals surface area contributed by atoms with Crippen LogP contribution in [0.1, 0.15) is 34.7 Å². The van der Waals surface area contributed by atoms with Gasteiger partial charge in [-0.15, -0.1) is 0 Å². The molecule has 0 bridgehead atoms. The Hall–Kier alpha value is -3.16. The van der Waals surface area contributed by atoms with Crippen LogP contribution < -0.4 is 10.6 Å². The number of likely N-dealkylation sites (tertiary alicyclic amines) is 1. The fourth-order valence-electron chi connectivity index (χ4n) is 5.45. The fourth-order valence-corrected chi connectivity index (χ4v) is 5.45. The molecule has 2 saturated carbocycles. The quantitative estimate of drug-likeness (QED) is 0.653. The maximum atomic E-state index is 13.0. The summed E-state index contributed by atoms with van der Waals surface area (Å²) in [5.41, 5.74) is 3.34. The summed E-state index contributed by atoms with van der Waals surface area (Å²) < 4.78 is 2.89. The number of hydrogen-bond acceptors (Lipinski definition) is 5. The van der Waals surface area contributed by atoms with E-state index in [4.69, 9.17) is 4.98 Å². The smallest absolute Gasteiger partial charge is 0.338 e. The van der Waals surface area contributed by atoms with Crippen LogP contribution in [-0.2, 0) is 7.05 Å². The molecule has 1 amide bonds. The van der Waals surface area contributed by atoms with Gasteiger partial charge in [0.2, 0.25) is 0 Å². The Morgan fingerprint density at radius 2 is 1.93 bits per heavy atom. The van der Waals surface area contributed by atoms with E-state index in [0.29, 0.717) is 23.0 Å². The summed E-state index contributed by atoms with van der Waals surface area (Å²) in [4.78, 5) is 34.1. The van der Waals surface area contributed by atoms with Crippen LogP contribution in [0.3, 0.4) is 0 Å². The molecule has 152 valence electrons. The lowest BCUT2D eigenvalue weighted by Crippen LogP contribution is -2.31. The second-order valence-corrected chi connectivity index (χ2v) is 9.34. The highest BCUT2D eigenvalue weighted by atomic mass is 16.2. The molecule has 4 atom stereocenters. The molecule has 0 aromatic carbocycles. The first-order chi connectivity index (χ1) is 14.6. The Bertz CT molecular complexity index is 1280. The molecule has 1 saturated heterocycles. The summed E-state index contributed by atoms with van der Waals surface area (Å²) in [6, 6.07) is 5.96. The van der Waals surface area contributed by atoms with Gasteiger partial charge in [0.15, 0.2) is 5.65 Å². The third-order valence-corrected chi connectivity index (χ3v) is 7.37. The van der Waals surface area contributed by atoms with Gasteiger partial charge in [0.05, 0.1) is 5.56 Å². The molecule has 0 spiro atoms. The minimum atomic E-state index is -0.154. The Balaban J connectivity index is 1.26. The predicted octanol–water partition coefficient (Wildman–Crippen LogP) is 1.78. The molecule has 5 heterocycles. The monoisotopic (exact) mass is 402 g/mol. The molecule has 3 aromatic heterocycles. The first-order valence-corrected chi connectivity index (χ1v) is 10.7. The Kier molecular flexibility index (Phi) is 3.05. The van der Waals surface area contributed by atoms with Crippen LogP contribution in [0.5, 0.6) is 0 Å². The molecule has 8 heteroatoms. The van der Waals surface area contributed by atoms with Crippen LogP contribution in [0.25, 0.3) is 5.65 Å². The van der Waals surface area contributed by atoms with Crippen molar-refractivity contribution in [1.82, 2.24) is 24.1 Å². The van der Waals surface area contributed by atoms with Crippen LogP contribution >= 0.6 is 0 Å². The van der Waals surface area contributed by atoms with Crippen LogP contribution in [0, 0.1) is 17.8 Å². The van der Waals surface area contributed by atoms with E-state index in [9.17, 15) is 9.59 Å². The molecule has 0 radical (unpaired) electrons. The number of hydrogen-bond donors (Lipinski definition) is 0. The molecule has 0 N–H and O–H groups in total. The van der Waals surface area contributed by atoms with Crippen LogP contribution in [-0.4, -0.2) is 49.6 Å². The predicted molar refractivity (Wildman–Crippen MR) is 110 cm³/mol. The Morgan fingerprint density at radius 3 is 2.77 bits per heavy atom. The van der Waals surface area contributed by atoms with Crippen molar-refractivity contribution in [3.63, 3.8) is 0 Å². The number of carbonyl (C=O) groups excluding carboxylic acids is 1. The van der Waals surface area contributed by atoms with Gasteiger partial charge in [0.25, 0.3) is 5.91 Å². The molecule has 7 rings (SSSR count). The van der Waals surface area contributed by atoms with E-state index in [1.54, 1.807) is 23.8 Å². The molecule has 4 unspecified atom stereocenters. The number of anilines is 2. The largest absolute Gasteiger partial charge is 0.350 e. The number of aromatic nitrogens is 4. The first-order valence-electron chi connectivity index (χ1n) is 10.7. The number of fused-ring (bicyclic) bond motifs is 5. The average molecular weight is 402 g/mol. The van der Waals surface area contributed by atoms with E-state index in [0.717, 1.165) is 49.4 Å². The van der Waals surface area contributed by atoms with Crippen LogP contribution in [0.2, 0.25) is 0 Å². The van der Waals surface area contributed by atoms with Crippen molar-refractivity contribution in [3.05, 3.63) is 52.2 Å². The van der Waals surface area contributed by atoms with Crippen molar-refractivity contribution in [3.8, 4) is 0 Å². The topological polar surface area (TPSA) is 75.7 Å². The Labute approximate surface area is 172 Å². The summed E-state index contributed by atoms with van der Waals surface area (Å²) in [5, 5.41) is 4.31. The van der Waals surface area contributed by atoms with Crippen LogP contribution in [0.15, 0.2) is 35.4 Å². The lowest BCUT2D eigenvalue weighted by atomic mass is 10.0. The molecule has 30 heavy (non-hydrogen) atoms. The molecule has 2 aliphatic carbocycles. The summed E-state index contributed by atoms with van der Waals surface area (Å²) in [6.07, 6.45) is 5.94. The van der Waals surface area contributed by atoms with E-state index < -0.39 is 0 Å². The van der Waals surface area contributed by atoms with Crippen molar-refractivity contribution < 1.29 is 4.79 Å². The number of piperidine rings is 1. The summed E-state index contributed by atoms with van der Waals surface area (Å²) >= 11 is 0. The maximum Gasteiger partial charge on any atom is 0.350 e. The number of nitrogens with zero attached hydrogens (tertiary/aromatic N) is 6. The van der Waals surface area contributed by atoms with E-state index in [1.165, 1.54) is 16.7 Å². The van der Waals surface area contributed by atoms with Gasteiger partial charge in [-0.05, 0) is 54.2 Å².